The Bertz CT molecular complexity index is 240. The van der Waals surface area contributed by atoms with E-state index >= 15 is 0 Å². The van der Waals surface area contributed by atoms with Crippen LogP contribution in [0.5, 0.6) is 0 Å². The molecule has 0 aliphatic rings. The van der Waals surface area contributed by atoms with Crippen LogP contribution in [0.4, 0.5) is 0 Å². The summed E-state index contributed by atoms with van der Waals surface area (Å²) >= 11 is 0.596. The van der Waals surface area contributed by atoms with Gasteiger partial charge in [0.05, 0.1) is 0 Å². The van der Waals surface area contributed by atoms with Crippen molar-refractivity contribution in [3.8, 4) is 0 Å². The molecule has 0 unspecified atom stereocenters. The standard InChI is InChI=1S/C7H5O2.Hg/c8-7(9)6-4-2-1-3-5-6;/h2-5H,(H,8,9);/q;+1. The van der Waals surface area contributed by atoms with Gasteiger partial charge < -0.3 is 0 Å². The molecule has 0 aliphatic heterocycles. The zero-order chi connectivity index (χ0) is 7.56. The van der Waals surface area contributed by atoms with Gasteiger partial charge in [0, 0.05) is 0 Å². The molecule has 1 rings (SSSR count). The third-order valence-corrected chi connectivity index (χ3v) is 3.03. The number of carbonyl (C=O) groups is 1. The third kappa shape index (κ3) is 1.80. The Labute approximate surface area is 74.8 Å². The van der Waals surface area contributed by atoms with Crippen molar-refractivity contribution in [2.45, 2.75) is 0 Å². The van der Waals surface area contributed by atoms with E-state index < -0.39 is 5.97 Å². The molecule has 0 amide bonds. The van der Waals surface area contributed by atoms with Crippen LogP contribution in [0.15, 0.2) is 24.3 Å². The van der Waals surface area contributed by atoms with Crippen LogP contribution >= 0.6 is 0 Å². The van der Waals surface area contributed by atoms with Crippen LogP contribution in [0.25, 0.3) is 0 Å². The second kappa shape index (κ2) is 3.15. The summed E-state index contributed by atoms with van der Waals surface area (Å²) < 4.78 is 1.27. The molecule has 0 aromatic heterocycles. The number of aromatic carboxylic acids is 1. The minimum absolute atomic E-state index is 0.370. The van der Waals surface area contributed by atoms with Crippen LogP contribution in [0.2, 0.25) is 0 Å². The summed E-state index contributed by atoms with van der Waals surface area (Å²) in [6, 6.07) is 7.02. The number of hydrogen-bond acceptors (Lipinski definition) is 1. The number of benzene rings is 1. The van der Waals surface area contributed by atoms with E-state index in [0.29, 0.717) is 31.7 Å². The number of hydrogen-bond donors (Lipinski definition) is 1. The summed E-state index contributed by atoms with van der Waals surface area (Å²) in [5, 5.41) is 8.49. The number of rotatable bonds is 1. The molecule has 46 valence electrons. The van der Waals surface area contributed by atoms with Crippen molar-refractivity contribution in [2.75, 3.05) is 0 Å². The van der Waals surface area contributed by atoms with Crippen molar-refractivity contribution in [1.29, 1.82) is 0 Å². The van der Waals surface area contributed by atoms with E-state index in [1.807, 2.05) is 12.1 Å². The molecule has 1 aromatic rings. The average Bonchev–Trinajstić information content (AvgIpc) is 1.88. The first-order chi connectivity index (χ1) is 4.70. The molecular formula is C7H5HgO2+. The van der Waals surface area contributed by atoms with Crippen molar-refractivity contribution in [2.24, 2.45) is 0 Å². The summed E-state index contributed by atoms with van der Waals surface area (Å²) in [5.74, 6) is -0.853. The quantitative estimate of drug-likeness (QED) is 0.767. The Morgan fingerprint density at radius 3 is 2.20 bits per heavy atom. The molecule has 0 heterocycles. The van der Waals surface area contributed by atoms with Gasteiger partial charge in [-0.3, -0.25) is 0 Å². The maximum absolute atomic E-state index is 10.3. The third-order valence-electron chi connectivity index (χ3n) is 1.20. The Balaban J connectivity index is 3.00. The summed E-state index contributed by atoms with van der Waals surface area (Å²) in [4.78, 5) is 10.3. The van der Waals surface area contributed by atoms with Crippen LogP contribution in [0, 0.1) is 0 Å². The van der Waals surface area contributed by atoms with E-state index in [9.17, 15) is 4.79 Å². The number of carboxylic acids is 1. The van der Waals surface area contributed by atoms with Crippen molar-refractivity contribution < 1.29 is 36.0 Å². The number of carboxylic acid groups (broad SMARTS) is 1. The summed E-state index contributed by atoms with van der Waals surface area (Å²) in [5.41, 5.74) is 0.370. The Hall–Kier alpha value is -0.375. The molecule has 1 N–H and O–H groups in total. The van der Waals surface area contributed by atoms with Crippen LogP contribution in [0.1, 0.15) is 10.4 Å². The zero-order valence-corrected chi connectivity index (χ0v) is 10.9. The first kappa shape index (κ1) is 7.73. The van der Waals surface area contributed by atoms with Crippen LogP contribution in [0.3, 0.4) is 0 Å². The van der Waals surface area contributed by atoms with Gasteiger partial charge in [0.25, 0.3) is 0 Å². The van der Waals surface area contributed by atoms with E-state index in [0.717, 1.165) is 0 Å². The topological polar surface area (TPSA) is 37.3 Å². The van der Waals surface area contributed by atoms with Gasteiger partial charge in [0.2, 0.25) is 0 Å². The predicted molar refractivity (Wildman–Crippen MR) is 33.0 cm³/mol. The molecule has 0 saturated heterocycles. The molecular weight excluding hydrogens is 317 g/mol. The van der Waals surface area contributed by atoms with Gasteiger partial charge in [-0.1, -0.05) is 0 Å². The molecule has 0 aliphatic carbocycles. The fraction of sp³-hybridized carbons (Fsp3) is 0. The first-order valence-electron chi connectivity index (χ1n) is 2.85. The van der Waals surface area contributed by atoms with Gasteiger partial charge in [-0.25, -0.2) is 0 Å². The predicted octanol–water partition coefficient (Wildman–Crippen LogP) is 0.557. The summed E-state index contributed by atoms with van der Waals surface area (Å²) in [6.45, 7) is 0. The van der Waals surface area contributed by atoms with Crippen LogP contribution in [-0.2, 0) is 26.1 Å². The van der Waals surface area contributed by atoms with Gasteiger partial charge in [0.1, 0.15) is 0 Å². The van der Waals surface area contributed by atoms with Crippen molar-refractivity contribution in [3.63, 3.8) is 0 Å². The SMILES string of the molecule is O=C(O)c1cc[c]([Hg+])cc1. The van der Waals surface area contributed by atoms with Crippen molar-refractivity contribution in [1.82, 2.24) is 0 Å². The van der Waals surface area contributed by atoms with Gasteiger partial charge in [0.15, 0.2) is 0 Å². The molecule has 0 fully saturated rings. The van der Waals surface area contributed by atoms with Gasteiger partial charge >= 0.3 is 74.9 Å². The van der Waals surface area contributed by atoms with Gasteiger partial charge in [-0.2, -0.15) is 0 Å². The molecule has 0 spiro atoms. The van der Waals surface area contributed by atoms with E-state index in [1.165, 1.54) is 3.07 Å². The Kier molecular flexibility index (Phi) is 2.43. The van der Waals surface area contributed by atoms with E-state index in [2.05, 4.69) is 0 Å². The van der Waals surface area contributed by atoms with Crippen LogP contribution in [-0.4, -0.2) is 11.1 Å². The molecule has 0 saturated carbocycles. The summed E-state index contributed by atoms with van der Waals surface area (Å²) in [7, 11) is 0. The van der Waals surface area contributed by atoms with E-state index in [1.54, 1.807) is 12.1 Å². The second-order valence-electron chi connectivity index (χ2n) is 2.00. The maximum atomic E-state index is 10.3. The molecule has 3 heteroatoms. The van der Waals surface area contributed by atoms with Crippen molar-refractivity contribution >= 4 is 9.04 Å². The molecule has 2 nitrogen and oxygen atoms in total. The van der Waals surface area contributed by atoms with E-state index in [4.69, 9.17) is 5.11 Å². The van der Waals surface area contributed by atoms with Gasteiger partial charge in [-0.05, 0) is 0 Å². The Morgan fingerprint density at radius 2 is 1.80 bits per heavy atom. The summed E-state index contributed by atoms with van der Waals surface area (Å²) in [6.07, 6.45) is 0. The monoisotopic (exact) mass is 323 g/mol. The average molecular weight is 322 g/mol. The molecule has 0 bridgehead atoms. The van der Waals surface area contributed by atoms with Gasteiger partial charge in [-0.15, -0.1) is 0 Å². The fourth-order valence-corrected chi connectivity index (χ4v) is 1.56. The fourth-order valence-electron chi connectivity index (χ4n) is 0.647. The molecule has 1 aromatic carbocycles. The first-order valence-corrected chi connectivity index (χ1v) is 5.60. The normalized spacial score (nSPS) is 9.40. The van der Waals surface area contributed by atoms with E-state index in [-0.39, 0.29) is 0 Å². The molecule has 0 atom stereocenters. The zero-order valence-electron chi connectivity index (χ0n) is 5.37. The molecule has 10 heavy (non-hydrogen) atoms. The van der Waals surface area contributed by atoms with Crippen LogP contribution < -0.4 is 3.07 Å². The Morgan fingerprint density at radius 1 is 1.30 bits per heavy atom. The van der Waals surface area contributed by atoms with Crippen molar-refractivity contribution in [3.05, 3.63) is 29.8 Å². The second-order valence-corrected chi connectivity index (χ2v) is 5.18. The minimum atomic E-state index is -0.853. The molecule has 0 radical (unpaired) electrons.